The number of anilines is 1. The minimum atomic E-state index is -4.15. The van der Waals surface area contributed by atoms with Crippen LogP contribution in [0, 0.1) is 6.92 Å². The number of hydrogen-bond acceptors (Lipinski definition) is 5. The zero-order valence-corrected chi connectivity index (χ0v) is 18.8. The van der Waals surface area contributed by atoms with Crippen molar-refractivity contribution in [1.82, 2.24) is 0 Å². The molecule has 8 heteroatoms. The zero-order chi connectivity index (χ0) is 21.7. The van der Waals surface area contributed by atoms with Crippen molar-refractivity contribution in [1.29, 1.82) is 0 Å². The van der Waals surface area contributed by atoms with E-state index in [1.165, 1.54) is 31.4 Å². The van der Waals surface area contributed by atoms with E-state index in [1.54, 1.807) is 42.5 Å². The molecular weight excluding hydrogens is 470 g/mol. The van der Waals surface area contributed by atoms with E-state index < -0.39 is 22.5 Å². The van der Waals surface area contributed by atoms with Gasteiger partial charge >= 0.3 is 0 Å². The molecule has 0 saturated heterocycles. The summed E-state index contributed by atoms with van der Waals surface area (Å²) in [5.74, 6) is 0.269. The van der Waals surface area contributed by atoms with Gasteiger partial charge < -0.3 is 9.47 Å². The maximum atomic E-state index is 13.3. The molecule has 0 fully saturated rings. The quantitative estimate of drug-likeness (QED) is 0.486. The smallest absolute Gasteiger partial charge is 0.278 e. The Labute approximate surface area is 184 Å². The number of hydrogen-bond donors (Lipinski definition) is 0. The lowest BCUT2D eigenvalue weighted by Crippen LogP contribution is -2.40. The fourth-order valence-electron chi connectivity index (χ4n) is 2.71. The second-order valence-corrected chi connectivity index (χ2v) is 9.12. The molecule has 1 amide bonds. The third-order valence-corrected chi connectivity index (χ3v) is 6.51. The van der Waals surface area contributed by atoms with Gasteiger partial charge in [0.15, 0.2) is 6.61 Å². The molecule has 0 bridgehead atoms. The molecule has 0 unspecified atom stereocenters. The molecule has 156 valence electrons. The second-order valence-electron chi connectivity index (χ2n) is 6.42. The monoisotopic (exact) mass is 489 g/mol. The first-order valence-corrected chi connectivity index (χ1v) is 11.2. The van der Waals surface area contributed by atoms with Gasteiger partial charge in [0.1, 0.15) is 11.5 Å². The lowest BCUT2D eigenvalue weighted by molar-refractivity contribution is -0.119. The highest BCUT2D eigenvalue weighted by atomic mass is 79.9. The van der Waals surface area contributed by atoms with Gasteiger partial charge in [-0.15, -0.1) is 0 Å². The highest BCUT2D eigenvalue weighted by Crippen LogP contribution is 2.27. The fourth-order valence-corrected chi connectivity index (χ4v) is 4.50. The van der Waals surface area contributed by atoms with Crippen LogP contribution in [-0.4, -0.2) is 28.0 Å². The molecule has 3 rings (SSSR count). The van der Waals surface area contributed by atoms with Crippen LogP contribution in [0.25, 0.3) is 0 Å². The minimum Gasteiger partial charge on any atom is -0.497 e. The normalized spacial score (nSPS) is 11.0. The minimum absolute atomic E-state index is 0.0136. The van der Waals surface area contributed by atoms with Crippen molar-refractivity contribution in [3.63, 3.8) is 0 Å². The second kappa shape index (κ2) is 9.32. The van der Waals surface area contributed by atoms with Crippen molar-refractivity contribution in [2.45, 2.75) is 11.8 Å². The maximum absolute atomic E-state index is 13.3. The summed E-state index contributed by atoms with van der Waals surface area (Å²) < 4.78 is 38.8. The van der Waals surface area contributed by atoms with E-state index in [1.807, 2.05) is 13.0 Å². The largest absolute Gasteiger partial charge is 0.497 e. The Morgan fingerprint density at radius 2 is 1.63 bits per heavy atom. The van der Waals surface area contributed by atoms with Crippen molar-refractivity contribution in [2.75, 3.05) is 18.0 Å². The van der Waals surface area contributed by atoms with E-state index in [4.69, 9.17) is 9.47 Å². The molecule has 3 aromatic rings. The topological polar surface area (TPSA) is 72.9 Å². The first-order chi connectivity index (χ1) is 14.3. The van der Waals surface area contributed by atoms with Crippen LogP contribution in [-0.2, 0) is 14.8 Å². The molecule has 0 N–H and O–H groups in total. The van der Waals surface area contributed by atoms with Crippen LogP contribution in [0.3, 0.4) is 0 Å². The summed E-state index contributed by atoms with van der Waals surface area (Å²) in [5, 5.41) is 0. The number of aryl methyl sites for hydroxylation is 1. The van der Waals surface area contributed by atoms with Crippen LogP contribution in [0.2, 0.25) is 0 Å². The molecule has 0 heterocycles. The van der Waals surface area contributed by atoms with Gasteiger partial charge in [-0.1, -0.05) is 39.7 Å². The molecular formula is C22H20BrNO5S. The van der Waals surface area contributed by atoms with E-state index in [0.29, 0.717) is 11.5 Å². The Morgan fingerprint density at radius 3 is 2.23 bits per heavy atom. The van der Waals surface area contributed by atoms with Crippen molar-refractivity contribution in [3.05, 3.63) is 82.8 Å². The molecule has 0 aliphatic carbocycles. The van der Waals surface area contributed by atoms with E-state index in [2.05, 4.69) is 15.9 Å². The molecule has 30 heavy (non-hydrogen) atoms. The van der Waals surface area contributed by atoms with Crippen molar-refractivity contribution >= 4 is 37.5 Å². The number of halogens is 1. The Morgan fingerprint density at radius 1 is 0.967 bits per heavy atom. The van der Waals surface area contributed by atoms with Crippen molar-refractivity contribution in [3.8, 4) is 11.5 Å². The van der Waals surface area contributed by atoms with Crippen molar-refractivity contribution in [2.24, 2.45) is 0 Å². The zero-order valence-electron chi connectivity index (χ0n) is 16.4. The van der Waals surface area contributed by atoms with Gasteiger partial charge in [0.2, 0.25) is 0 Å². The molecule has 0 aromatic heterocycles. The van der Waals surface area contributed by atoms with E-state index >= 15 is 0 Å². The SMILES string of the molecule is COc1ccc(N(C(=O)COc2cccc(Br)c2)S(=O)(=O)c2ccc(C)cc2)cc1. The Bertz CT molecular complexity index is 1130. The molecule has 0 aliphatic rings. The number of nitrogens with zero attached hydrogens (tertiary/aromatic N) is 1. The Balaban J connectivity index is 1.95. The predicted molar refractivity (Wildman–Crippen MR) is 118 cm³/mol. The van der Waals surface area contributed by atoms with Crippen LogP contribution in [0.4, 0.5) is 5.69 Å². The summed E-state index contributed by atoms with van der Waals surface area (Å²) in [7, 11) is -2.64. The van der Waals surface area contributed by atoms with E-state index in [-0.39, 0.29) is 10.6 Å². The number of rotatable bonds is 7. The lowest BCUT2D eigenvalue weighted by atomic mass is 10.2. The lowest BCUT2D eigenvalue weighted by Gasteiger charge is -2.23. The number of carbonyl (C=O) groups excluding carboxylic acids is 1. The first-order valence-electron chi connectivity index (χ1n) is 8.98. The van der Waals surface area contributed by atoms with Gasteiger partial charge in [0.25, 0.3) is 15.9 Å². The van der Waals surface area contributed by atoms with Gasteiger partial charge in [0.05, 0.1) is 17.7 Å². The third kappa shape index (κ3) is 5.01. The number of sulfonamides is 1. The number of amides is 1. The third-order valence-electron chi connectivity index (χ3n) is 4.25. The van der Waals surface area contributed by atoms with Gasteiger partial charge in [-0.25, -0.2) is 8.42 Å². The van der Waals surface area contributed by atoms with Crippen LogP contribution in [0.15, 0.2) is 82.2 Å². The molecule has 0 aliphatic heterocycles. The standard InChI is InChI=1S/C22H20BrNO5S/c1-16-6-12-21(13-7-16)30(26,27)24(18-8-10-19(28-2)11-9-18)22(25)15-29-20-5-3-4-17(23)14-20/h3-14H,15H2,1-2H3. The summed E-state index contributed by atoms with van der Waals surface area (Å²) in [5.41, 5.74) is 1.11. The molecule has 0 radical (unpaired) electrons. The predicted octanol–water partition coefficient (Wildman–Crippen LogP) is 4.57. The van der Waals surface area contributed by atoms with Crippen LogP contribution in [0.5, 0.6) is 11.5 Å². The molecule has 6 nitrogen and oxygen atoms in total. The number of methoxy groups -OCH3 is 1. The Kier molecular flexibility index (Phi) is 6.79. The highest BCUT2D eigenvalue weighted by molar-refractivity contribution is 9.10. The summed E-state index contributed by atoms with van der Waals surface area (Å²) in [4.78, 5) is 13.0. The van der Waals surface area contributed by atoms with Crippen molar-refractivity contribution < 1.29 is 22.7 Å². The average molecular weight is 490 g/mol. The number of carbonyl (C=O) groups is 1. The van der Waals surface area contributed by atoms with Crippen LogP contribution >= 0.6 is 15.9 Å². The number of ether oxygens (including phenoxy) is 2. The van der Waals surface area contributed by atoms with Crippen LogP contribution < -0.4 is 13.8 Å². The van der Waals surface area contributed by atoms with E-state index in [9.17, 15) is 13.2 Å². The van der Waals surface area contributed by atoms with E-state index in [0.717, 1.165) is 14.3 Å². The van der Waals surface area contributed by atoms with Gasteiger partial charge in [-0.3, -0.25) is 4.79 Å². The van der Waals surface area contributed by atoms with Gasteiger partial charge in [0, 0.05) is 4.47 Å². The average Bonchev–Trinajstić information content (AvgIpc) is 2.73. The molecule has 0 spiro atoms. The summed E-state index contributed by atoms with van der Waals surface area (Å²) in [6.45, 7) is 1.40. The molecule has 0 saturated carbocycles. The van der Waals surface area contributed by atoms with Gasteiger partial charge in [-0.2, -0.15) is 4.31 Å². The van der Waals surface area contributed by atoms with Crippen LogP contribution in [0.1, 0.15) is 5.56 Å². The van der Waals surface area contributed by atoms with Gasteiger partial charge in [-0.05, 0) is 61.5 Å². The Hall–Kier alpha value is -2.84. The number of benzene rings is 3. The fraction of sp³-hybridized carbons (Fsp3) is 0.136. The summed E-state index contributed by atoms with van der Waals surface area (Å²) in [6, 6.07) is 19.5. The highest BCUT2D eigenvalue weighted by Gasteiger charge is 2.31. The first kappa shape index (κ1) is 21.9. The maximum Gasteiger partial charge on any atom is 0.278 e. The summed E-state index contributed by atoms with van der Waals surface area (Å²) >= 11 is 3.33. The molecule has 0 atom stereocenters. The molecule has 3 aromatic carbocycles. The summed E-state index contributed by atoms with van der Waals surface area (Å²) in [6.07, 6.45) is 0.